The van der Waals surface area contributed by atoms with Gasteiger partial charge in [-0.25, -0.2) is 0 Å². The van der Waals surface area contributed by atoms with Crippen molar-refractivity contribution in [2.45, 2.75) is 26.4 Å². The summed E-state index contributed by atoms with van der Waals surface area (Å²) >= 11 is 0. The molecule has 0 aliphatic carbocycles. The van der Waals surface area contributed by atoms with Gasteiger partial charge in [0.15, 0.2) is 5.78 Å². The molecule has 17 heavy (non-hydrogen) atoms. The second kappa shape index (κ2) is 5.43. The topological polar surface area (TPSA) is 35.5 Å². The Kier molecular flexibility index (Phi) is 3.92. The molecular weight excluding hydrogens is 216 g/mol. The van der Waals surface area contributed by atoms with Gasteiger partial charge in [-0.05, 0) is 19.4 Å². The molecular formula is C14H18O3. The lowest BCUT2D eigenvalue weighted by molar-refractivity contribution is -0.0868. The van der Waals surface area contributed by atoms with Crippen LogP contribution in [0, 0.1) is 13.8 Å². The third-order valence-corrected chi connectivity index (χ3v) is 2.98. The van der Waals surface area contributed by atoms with E-state index < -0.39 is 0 Å². The minimum absolute atomic E-state index is 0.0862. The Bertz CT molecular complexity index is 406. The molecule has 1 atom stereocenters. The number of Topliss-reactive ketones (excluding diaryl/α,β-unsaturated/α-hetero) is 1. The lowest BCUT2D eigenvalue weighted by atomic mass is 9.99. The van der Waals surface area contributed by atoms with Crippen molar-refractivity contribution in [1.29, 1.82) is 0 Å². The van der Waals surface area contributed by atoms with Crippen molar-refractivity contribution in [3.05, 3.63) is 34.9 Å². The second-order valence-corrected chi connectivity index (χ2v) is 4.51. The maximum Gasteiger partial charge on any atom is 0.165 e. The Morgan fingerprint density at radius 2 is 2.18 bits per heavy atom. The van der Waals surface area contributed by atoms with E-state index in [4.69, 9.17) is 9.47 Å². The summed E-state index contributed by atoms with van der Waals surface area (Å²) in [5.41, 5.74) is 3.01. The van der Waals surface area contributed by atoms with Crippen molar-refractivity contribution < 1.29 is 14.3 Å². The van der Waals surface area contributed by atoms with Gasteiger partial charge in [0.25, 0.3) is 0 Å². The van der Waals surface area contributed by atoms with Crippen LogP contribution < -0.4 is 0 Å². The normalized spacial score (nSPS) is 20.2. The van der Waals surface area contributed by atoms with Gasteiger partial charge >= 0.3 is 0 Å². The predicted octanol–water partition coefficient (Wildman–Crippen LogP) is 2.29. The van der Waals surface area contributed by atoms with Gasteiger partial charge in [-0.1, -0.05) is 23.8 Å². The fraction of sp³-hybridized carbons (Fsp3) is 0.500. The average Bonchev–Trinajstić information content (AvgIpc) is 2.30. The first-order valence-corrected chi connectivity index (χ1v) is 5.96. The fourth-order valence-corrected chi connectivity index (χ4v) is 2.10. The van der Waals surface area contributed by atoms with Crippen LogP contribution >= 0.6 is 0 Å². The van der Waals surface area contributed by atoms with E-state index in [0.29, 0.717) is 26.2 Å². The zero-order valence-electron chi connectivity index (χ0n) is 10.4. The highest BCUT2D eigenvalue weighted by molar-refractivity contribution is 5.97. The van der Waals surface area contributed by atoms with Crippen LogP contribution in [0.2, 0.25) is 0 Å². The highest BCUT2D eigenvalue weighted by Crippen LogP contribution is 2.15. The highest BCUT2D eigenvalue weighted by atomic mass is 16.6. The van der Waals surface area contributed by atoms with Crippen LogP contribution in [0.15, 0.2) is 18.2 Å². The van der Waals surface area contributed by atoms with Gasteiger partial charge in [0, 0.05) is 12.0 Å². The quantitative estimate of drug-likeness (QED) is 0.753. The van der Waals surface area contributed by atoms with Crippen molar-refractivity contribution in [2.75, 3.05) is 19.8 Å². The van der Waals surface area contributed by atoms with Gasteiger partial charge in [0.05, 0.1) is 25.9 Å². The van der Waals surface area contributed by atoms with Crippen molar-refractivity contribution in [3.8, 4) is 0 Å². The van der Waals surface area contributed by atoms with Crippen molar-refractivity contribution in [2.24, 2.45) is 0 Å². The van der Waals surface area contributed by atoms with Gasteiger partial charge in [0.1, 0.15) is 0 Å². The molecule has 0 N–H and O–H groups in total. The Morgan fingerprint density at radius 1 is 1.35 bits per heavy atom. The van der Waals surface area contributed by atoms with E-state index in [-0.39, 0.29) is 11.9 Å². The minimum Gasteiger partial charge on any atom is -0.376 e. The van der Waals surface area contributed by atoms with E-state index in [0.717, 1.165) is 11.1 Å². The average molecular weight is 234 g/mol. The van der Waals surface area contributed by atoms with Crippen LogP contribution in [0.3, 0.4) is 0 Å². The second-order valence-electron chi connectivity index (χ2n) is 4.51. The summed E-state index contributed by atoms with van der Waals surface area (Å²) in [6.07, 6.45) is 0.320. The molecule has 1 aliphatic rings. The molecule has 0 saturated carbocycles. The molecule has 1 saturated heterocycles. The van der Waals surface area contributed by atoms with Gasteiger partial charge in [-0.15, -0.1) is 0 Å². The first-order valence-electron chi connectivity index (χ1n) is 5.96. The lowest BCUT2D eigenvalue weighted by Gasteiger charge is -2.22. The van der Waals surface area contributed by atoms with Gasteiger partial charge in [-0.2, -0.15) is 0 Å². The van der Waals surface area contributed by atoms with Crippen molar-refractivity contribution >= 4 is 5.78 Å². The largest absolute Gasteiger partial charge is 0.376 e. The van der Waals surface area contributed by atoms with Gasteiger partial charge < -0.3 is 9.47 Å². The van der Waals surface area contributed by atoms with E-state index in [1.807, 2.05) is 32.0 Å². The zero-order chi connectivity index (χ0) is 12.3. The van der Waals surface area contributed by atoms with Crippen LogP contribution in [-0.4, -0.2) is 31.7 Å². The van der Waals surface area contributed by atoms with E-state index in [1.165, 1.54) is 5.56 Å². The molecule has 1 unspecified atom stereocenters. The summed E-state index contributed by atoms with van der Waals surface area (Å²) in [6, 6.07) is 5.90. The number of benzene rings is 1. The number of carbonyl (C=O) groups is 1. The summed E-state index contributed by atoms with van der Waals surface area (Å²) in [5, 5.41) is 0. The lowest BCUT2D eigenvalue weighted by Crippen LogP contribution is -2.30. The molecule has 0 aromatic heterocycles. The molecule has 92 valence electrons. The SMILES string of the molecule is Cc1ccc(C(=O)CC2COCCO2)c(C)c1. The molecule has 0 amide bonds. The maximum absolute atomic E-state index is 12.1. The first-order chi connectivity index (χ1) is 8.16. The number of hydrogen-bond donors (Lipinski definition) is 0. The van der Waals surface area contributed by atoms with E-state index in [9.17, 15) is 4.79 Å². The number of ether oxygens (including phenoxy) is 2. The monoisotopic (exact) mass is 234 g/mol. The molecule has 1 aliphatic heterocycles. The van der Waals surface area contributed by atoms with Gasteiger partial charge in [0.2, 0.25) is 0 Å². The predicted molar refractivity (Wildman–Crippen MR) is 65.4 cm³/mol. The Hall–Kier alpha value is -1.19. The Balaban J connectivity index is 2.03. The molecule has 1 aromatic rings. The number of rotatable bonds is 3. The van der Waals surface area contributed by atoms with Crippen LogP contribution in [-0.2, 0) is 9.47 Å². The number of hydrogen-bond acceptors (Lipinski definition) is 3. The molecule has 3 nitrogen and oxygen atoms in total. The molecule has 2 rings (SSSR count). The molecule has 3 heteroatoms. The van der Waals surface area contributed by atoms with E-state index in [2.05, 4.69) is 0 Å². The van der Waals surface area contributed by atoms with Crippen LogP contribution in [0.1, 0.15) is 27.9 Å². The Labute approximate surface area is 102 Å². The molecule has 1 fully saturated rings. The standard InChI is InChI=1S/C14H18O3/c1-10-3-4-13(11(2)7-10)14(15)8-12-9-16-5-6-17-12/h3-4,7,12H,5-6,8-9H2,1-2H3. The Morgan fingerprint density at radius 3 is 2.82 bits per heavy atom. The van der Waals surface area contributed by atoms with Crippen LogP contribution in [0.4, 0.5) is 0 Å². The minimum atomic E-state index is -0.0862. The van der Waals surface area contributed by atoms with Crippen LogP contribution in [0.25, 0.3) is 0 Å². The van der Waals surface area contributed by atoms with Gasteiger partial charge in [-0.3, -0.25) is 4.79 Å². The third kappa shape index (κ3) is 3.14. The zero-order valence-corrected chi connectivity index (χ0v) is 10.4. The molecule has 0 radical (unpaired) electrons. The molecule has 0 spiro atoms. The first kappa shape index (κ1) is 12.3. The molecule has 0 bridgehead atoms. The molecule has 1 heterocycles. The number of carbonyl (C=O) groups excluding carboxylic acids is 1. The van der Waals surface area contributed by atoms with Crippen LogP contribution in [0.5, 0.6) is 0 Å². The number of ketones is 1. The summed E-state index contributed by atoms with van der Waals surface area (Å²) < 4.78 is 10.8. The maximum atomic E-state index is 12.1. The fourth-order valence-electron chi connectivity index (χ4n) is 2.10. The summed E-state index contributed by atoms with van der Waals surface area (Å²) in [6.45, 7) is 5.74. The van der Waals surface area contributed by atoms with E-state index >= 15 is 0 Å². The smallest absolute Gasteiger partial charge is 0.165 e. The summed E-state index contributed by atoms with van der Waals surface area (Å²) in [4.78, 5) is 12.1. The third-order valence-electron chi connectivity index (χ3n) is 2.98. The van der Waals surface area contributed by atoms with Crippen molar-refractivity contribution in [3.63, 3.8) is 0 Å². The van der Waals surface area contributed by atoms with Crippen molar-refractivity contribution in [1.82, 2.24) is 0 Å². The summed E-state index contributed by atoms with van der Waals surface area (Å²) in [5.74, 6) is 0.137. The highest BCUT2D eigenvalue weighted by Gasteiger charge is 2.19. The van der Waals surface area contributed by atoms with E-state index in [1.54, 1.807) is 0 Å². The number of aryl methyl sites for hydroxylation is 2. The summed E-state index contributed by atoms with van der Waals surface area (Å²) in [7, 11) is 0. The molecule has 1 aromatic carbocycles.